The summed E-state index contributed by atoms with van der Waals surface area (Å²) in [7, 11) is 0. The predicted molar refractivity (Wildman–Crippen MR) is 145 cm³/mol. The second-order valence-electron chi connectivity index (χ2n) is 10.7. The van der Waals surface area contributed by atoms with Crippen LogP contribution < -0.4 is 16.4 Å². The van der Waals surface area contributed by atoms with E-state index in [1.54, 1.807) is 0 Å². The maximum absolute atomic E-state index is 12.3. The van der Waals surface area contributed by atoms with Crippen molar-refractivity contribution >= 4 is 34.6 Å². The summed E-state index contributed by atoms with van der Waals surface area (Å²) >= 11 is 0. The second-order valence-corrected chi connectivity index (χ2v) is 10.7. The minimum atomic E-state index is -1.85. The molecule has 1 saturated heterocycles. The number of fused-ring (bicyclic) bond motifs is 1. The van der Waals surface area contributed by atoms with Crippen LogP contribution in [0.5, 0.6) is 0 Å². The van der Waals surface area contributed by atoms with Gasteiger partial charge in [-0.3, -0.25) is 9.36 Å². The molecule has 2 aromatic heterocycles. The number of aliphatic hydroxyl groups is 2. The highest BCUT2D eigenvalue weighted by atomic mass is 16.5. The number of carbonyl (C=O) groups excluding carboxylic acids is 2. The number of benzene rings is 1. The van der Waals surface area contributed by atoms with Gasteiger partial charge in [0.05, 0.1) is 12.9 Å². The summed E-state index contributed by atoms with van der Waals surface area (Å²) in [5.74, 6) is -0.0750. The lowest BCUT2D eigenvalue weighted by Crippen LogP contribution is -2.49. The molecular formula is C26H36N8O5. The summed E-state index contributed by atoms with van der Waals surface area (Å²) in [6.45, 7) is 8.25. The maximum atomic E-state index is 12.3. The summed E-state index contributed by atoms with van der Waals surface area (Å²) in [5.41, 5.74) is 6.41. The number of urea groups is 1. The molecule has 4 rings (SSSR count). The standard InChI is InChI=1S/C26H36N8O5/c1-16(35)33(11-5-10-28-24(37)32-18-8-6-17(7-9-18)25(2,3)4)12-19-21(36)26(38,13-39-19)34-15-31-20-22(27)29-14-30-23(20)34/h6-9,14-15,19,21,36,38H,5,10-13H2,1-4H3,(H2,27,29,30)(H2,28,32,37). The first kappa shape index (κ1) is 28.2. The van der Waals surface area contributed by atoms with Gasteiger partial charge in [0.1, 0.15) is 24.1 Å². The molecule has 0 bridgehead atoms. The van der Waals surface area contributed by atoms with Crippen molar-refractivity contribution in [2.45, 2.75) is 57.5 Å². The zero-order chi connectivity index (χ0) is 28.4. The third kappa shape index (κ3) is 6.10. The minimum absolute atomic E-state index is 0.0268. The number of amides is 3. The summed E-state index contributed by atoms with van der Waals surface area (Å²) in [4.78, 5) is 38.2. The number of rotatable bonds is 8. The van der Waals surface area contributed by atoms with Gasteiger partial charge in [-0.1, -0.05) is 32.9 Å². The van der Waals surface area contributed by atoms with E-state index in [2.05, 4.69) is 46.4 Å². The number of nitrogens with zero attached hydrogens (tertiary/aromatic N) is 5. The first-order valence-electron chi connectivity index (χ1n) is 12.8. The Labute approximate surface area is 226 Å². The molecule has 3 unspecified atom stereocenters. The largest absolute Gasteiger partial charge is 0.385 e. The van der Waals surface area contributed by atoms with Crippen molar-refractivity contribution in [3.05, 3.63) is 42.5 Å². The number of ether oxygens (including phenoxy) is 1. The summed E-state index contributed by atoms with van der Waals surface area (Å²) in [6.07, 6.45) is 0.811. The van der Waals surface area contributed by atoms with Crippen molar-refractivity contribution in [3.8, 4) is 0 Å². The van der Waals surface area contributed by atoms with E-state index in [0.717, 1.165) is 0 Å². The van der Waals surface area contributed by atoms with Crippen LogP contribution in [0.1, 0.15) is 39.7 Å². The van der Waals surface area contributed by atoms with E-state index < -0.39 is 17.9 Å². The van der Waals surface area contributed by atoms with E-state index in [-0.39, 0.29) is 42.0 Å². The van der Waals surface area contributed by atoms with Crippen molar-refractivity contribution in [1.29, 1.82) is 0 Å². The number of hydrogen-bond acceptors (Lipinski definition) is 9. The fourth-order valence-electron chi connectivity index (χ4n) is 4.50. The molecule has 1 aliphatic heterocycles. The highest BCUT2D eigenvalue weighted by Gasteiger charge is 2.51. The molecule has 3 aromatic rings. The number of nitrogens with two attached hydrogens (primary N) is 1. The van der Waals surface area contributed by atoms with E-state index in [4.69, 9.17) is 10.5 Å². The number of aromatic nitrogens is 4. The average Bonchev–Trinajstić information content (AvgIpc) is 3.44. The number of nitrogen functional groups attached to an aromatic ring is 1. The summed E-state index contributed by atoms with van der Waals surface area (Å²) in [5, 5.41) is 27.8. The first-order chi connectivity index (χ1) is 18.4. The van der Waals surface area contributed by atoms with Crippen molar-refractivity contribution in [2.24, 2.45) is 0 Å². The number of carbonyl (C=O) groups is 2. The smallest absolute Gasteiger partial charge is 0.319 e. The number of hydrogen-bond donors (Lipinski definition) is 5. The van der Waals surface area contributed by atoms with Crippen LogP contribution in [0.15, 0.2) is 36.9 Å². The number of imidazole rings is 1. The highest BCUT2D eigenvalue weighted by molar-refractivity contribution is 5.89. The van der Waals surface area contributed by atoms with Crippen molar-refractivity contribution < 1.29 is 24.5 Å². The Morgan fingerprint density at radius 3 is 2.62 bits per heavy atom. The Morgan fingerprint density at radius 1 is 1.23 bits per heavy atom. The van der Waals surface area contributed by atoms with E-state index in [0.29, 0.717) is 30.7 Å². The molecule has 0 spiro atoms. The lowest BCUT2D eigenvalue weighted by atomic mass is 9.87. The highest BCUT2D eigenvalue weighted by Crippen LogP contribution is 2.33. The third-order valence-corrected chi connectivity index (χ3v) is 6.86. The summed E-state index contributed by atoms with van der Waals surface area (Å²) in [6, 6.07) is 7.35. The normalized spacial score (nSPS) is 21.2. The monoisotopic (exact) mass is 540 g/mol. The lowest BCUT2D eigenvalue weighted by molar-refractivity contribution is -0.132. The molecule has 0 radical (unpaired) electrons. The molecule has 210 valence electrons. The molecule has 3 heterocycles. The second kappa shape index (κ2) is 11.1. The zero-order valence-corrected chi connectivity index (χ0v) is 22.6. The fourth-order valence-corrected chi connectivity index (χ4v) is 4.50. The van der Waals surface area contributed by atoms with Gasteiger partial charge in [-0.15, -0.1) is 0 Å². The van der Waals surface area contributed by atoms with Crippen LogP contribution in [-0.2, 0) is 20.7 Å². The topological polar surface area (TPSA) is 181 Å². The van der Waals surface area contributed by atoms with Gasteiger partial charge in [-0.25, -0.2) is 19.7 Å². The third-order valence-electron chi connectivity index (χ3n) is 6.86. The summed E-state index contributed by atoms with van der Waals surface area (Å²) < 4.78 is 7.02. The van der Waals surface area contributed by atoms with Gasteiger partial charge in [0.15, 0.2) is 17.2 Å². The van der Waals surface area contributed by atoms with E-state index in [9.17, 15) is 19.8 Å². The van der Waals surface area contributed by atoms with Crippen LogP contribution in [-0.4, -0.2) is 85.0 Å². The SMILES string of the molecule is CC(=O)N(CCCNC(=O)Nc1ccc(C(C)(C)C)cc1)CC1OCC(O)(n2cnc3c(N)ncnc32)C1O. The molecule has 1 aromatic carbocycles. The maximum Gasteiger partial charge on any atom is 0.319 e. The van der Waals surface area contributed by atoms with E-state index in [1.165, 1.54) is 34.6 Å². The Bertz CT molecular complexity index is 1320. The Kier molecular flexibility index (Phi) is 8.04. The Hall–Kier alpha value is -3.81. The molecule has 39 heavy (non-hydrogen) atoms. The van der Waals surface area contributed by atoms with Crippen LogP contribution in [0.2, 0.25) is 0 Å². The van der Waals surface area contributed by atoms with Crippen molar-refractivity contribution in [2.75, 3.05) is 37.3 Å². The molecule has 6 N–H and O–H groups in total. The fraction of sp³-hybridized carbons (Fsp3) is 0.500. The molecule has 3 atom stereocenters. The van der Waals surface area contributed by atoms with Crippen LogP contribution in [0, 0.1) is 0 Å². The molecule has 3 amide bonds. The molecule has 1 fully saturated rings. The van der Waals surface area contributed by atoms with Gasteiger partial charge in [-0.2, -0.15) is 0 Å². The van der Waals surface area contributed by atoms with E-state index >= 15 is 0 Å². The lowest BCUT2D eigenvalue weighted by Gasteiger charge is -2.30. The number of anilines is 2. The Balaban J connectivity index is 1.28. The van der Waals surface area contributed by atoms with Crippen molar-refractivity contribution in [1.82, 2.24) is 29.7 Å². The van der Waals surface area contributed by atoms with Crippen LogP contribution in [0.25, 0.3) is 11.2 Å². The zero-order valence-electron chi connectivity index (χ0n) is 22.6. The van der Waals surface area contributed by atoms with Crippen molar-refractivity contribution in [3.63, 3.8) is 0 Å². The number of aliphatic hydroxyl groups excluding tert-OH is 1. The Morgan fingerprint density at radius 2 is 1.95 bits per heavy atom. The first-order valence-corrected chi connectivity index (χ1v) is 12.8. The van der Waals surface area contributed by atoms with Gasteiger partial charge >= 0.3 is 6.03 Å². The van der Waals surface area contributed by atoms with Gasteiger partial charge in [0.25, 0.3) is 0 Å². The van der Waals surface area contributed by atoms with Crippen LogP contribution >= 0.6 is 0 Å². The molecule has 13 nitrogen and oxygen atoms in total. The number of nitrogens with one attached hydrogen (secondary N) is 2. The average molecular weight is 541 g/mol. The molecular weight excluding hydrogens is 504 g/mol. The van der Waals surface area contributed by atoms with Gasteiger partial charge in [0, 0.05) is 32.2 Å². The van der Waals surface area contributed by atoms with Gasteiger partial charge in [-0.05, 0) is 29.5 Å². The molecule has 0 saturated carbocycles. The molecule has 13 heteroatoms. The van der Waals surface area contributed by atoms with Gasteiger partial charge < -0.3 is 36.2 Å². The molecule has 1 aliphatic rings. The van der Waals surface area contributed by atoms with Gasteiger partial charge in [0.2, 0.25) is 5.91 Å². The van der Waals surface area contributed by atoms with Crippen LogP contribution in [0.3, 0.4) is 0 Å². The van der Waals surface area contributed by atoms with Crippen LogP contribution in [0.4, 0.5) is 16.3 Å². The minimum Gasteiger partial charge on any atom is -0.385 e. The van der Waals surface area contributed by atoms with E-state index in [1.807, 2.05) is 24.3 Å². The quantitative estimate of drug-likeness (QED) is 0.262. The molecule has 0 aliphatic carbocycles. The predicted octanol–water partition coefficient (Wildman–Crippen LogP) is 1.17.